The van der Waals surface area contributed by atoms with Crippen LogP contribution in [0.25, 0.3) is 0 Å². The first kappa shape index (κ1) is 13.2. The molecule has 1 fully saturated rings. The van der Waals surface area contributed by atoms with Crippen LogP contribution in [0.1, 0.15) is 32.1 Å². The molecule has 0 aliphatic heterocycles. The monoisotopic (exact) mass is 316 g/mol. The molecule has 0 radical (unpaired) electrons. The lowest BCUT2D eigenvalue weighted by atomic mass is 9.85. The number of rotatable bonds is 5. The van der Waals surface area contributed by atoms with Gasteiger partial charge in [0.05, 0.1) is 6.61 Å². The lowest BCUT2D eigenvalue weighted by molar-refractivity contribution is 0.219. The normalized spacial score (nSPS) is 18.2. The van der Waals surface area contributed by atoms with Gasteiger partial charge in [-0.05, 0) is 42.9 Å². The molecule has 0 N–H and O–H groups in total. The Morgan fingerprint density at radius 2 is 2.06 bits per heavy atom. The van der Waals surface area contributed by atoms with Gasteiger partial charge in [0, 0.05) is 10.4 Å². The van der Waals surface area contributed by atoms with Crippen LogP contribution >= 0.6 is 27.5 Å². The van der Waals surface area contributed by atoms with E-state index in [1.54, 1.807) is 0 Å². The number of halogens is 2. The molecule has 1 aromatic carbocycles. The van der Waals surface area contributed by atoms with Crippen molar-refractivity contribution >= 4 is 27.5 Å². The fourth-order valence-corrected chi connectivity index (χ4v) is 3.30. The first-order valence-corrected chi connectivity index (χ1v) is 7.51. The van der Waals surface area contributed by atoms with Crippen LogP contribution in [0.5, 0.6) is 5.75 Å². The molecule has 0 heterocycles. The minimum atomic E-state index is 0.341. The maximum absolute atomic E-state index is 6.11. The topological polar surface area (TPSA) is 9.23 Å². The van der Waals surface area contributed by atoms with Gasteiger partial charge in [0.25, 0.3) is 0 Å². The Balaban J connectivity index is 1.82. The van der Waals surface area contributed by atoms with Gasteiger partial charge in [-0.25, -0.2) is 0 Å². The van der Waals surface area contributed by atoms with Crippen LogP contribution in [0.4, 0.5) is 0 Å². The van der Waals surface area contributed by atoms with E-state index < -0.39 is 0 Å². The minimum Gasteiger partial charge on any atom is -0.494 e. The fraction of sp³-hybridized carbons (Fsp3) is 0.571. The quantitative estimate of drug-likeness (QED) is 0.693. The van der Waals surface area contributed by atoms with Gasteiger partial charge in [0.15, 0.2) is 0 Å². The molecule has 0 saturated heterocycles. The number of ether oxygens (including phenoxy) is 1. The first-order valence-electron chi connectivity index (χ1n) is 6.18. The Kier molecular flexibility index (Phi) is 4.75. The van der Waals surface area contributed by atoms with Gasteiger partial charge in [-0.15, -0.1) is 11.6 Å². The molecule has 17 heavy (non-hydrogen) atoms. The smallest absolute Gasteiger partial charge is 0.120 e. The number of benzene rings is 1. The number of hydrogen-bond acceptors (Lipinski definition) is 1. The van der Waals surface area contributed by atoms with Crippen LogP contribution < -0.4 is 4.74 Å². The van der Waals surface area contributed by atoms with E-state index in [1.807, 2.05) is 24.3 Å². The predicted molar refractivity (Wildman–Crippen MR) is 75.9 cm³/mol. The van der Waals surface area contributed by atoms with E-state index in [0.29, 0.717) is 5.41 Å². The molecule has 1 nitrogen and oxygen atoms in total. The van der Waals surface area contributed by atoms with E-state index in [0.717, 1.165) is 29.1 Å². The van der Waals surface area contributed by atoms with Crippen molar-refractivity contribution in [2.75, 3.05) is 12.5 Å². The van der Waals surface area contributed by atoms with Crippen molar-refractivity contribution in [3.8, 4) is 5.75 Å². The van der Waals surface area contributed by atoms with E-state index in [4.69, 9.17) is 16.3 Å². The minimum absolute atomic E-state index is 0.341. The first-order chi connectivity index (χ1) is 8.24. The van der Waals surface area contributed by atoms with E-state index in [9.17, 15) is 0 Å². The maximum atomic E-state index is 6.11. The molecule has 1 aliphatic carbocycles. The molecular formula is C14H18BrClO. The molecule has 1 aromatic rings. The van der Waals surface area contributed by atoms with Crippen LogP contribution in [0, 0.1) is 5.41 Å². The highest BCUT2D eigenvalue weighted by molar-refractivity contribution is 9.10. The average molecular weight is 318 g/mol. The summed E-state index contributed by atoms with van der Waals surface area (Å²) in [5.74, 6) is 1.71. The van der Waals surface area contributed by atoms with Crippen molar-refractivity contribution < 1.29 is 4.74 Å². The average Bonchev–Trinajstić information content (AvgIpc) is 2.79. The Morgan fingerprint density at radius 3 is 2.71 bits per heavy atom. The summed E-state index contributed by atoms with van der Waals surface area (Å²) < 4.78 is 6.85. The molecule has 94 valence electrons. The van der Waals surface area contributed by atoms with Crippen molar-refractivity contribution in [1.82, 2.24) is 0 Å². The third-order valence-electron chi connectivity index (χ3n) is 3.64. The van der Waals surface area contributed by atoms with E-state index in [1.165, 1.54) is 25.7 Å². The zero-order chi connectivity index (χ0) is 12.1. The molecule has 0 spiro atoms. The third-order valence-corrected chi connectivity index (χ3v) is 4.71. The molecule has 3 heteroatoms. The summed E-state index contributed by atoms with van der Waals surface area (Å²) in [5, 5.41) is 0. The lowest BCUT2D eigenvalue weighted by Crippen LogP contribution is -2.21. The summed E-state index contributed by atoms with van der Waals surface area (Å²) in [7, 11) is 0. The third kappa shape index (κ3) is 3.62. The van der Waals surface area contributed by atoms with Crippen LogP contribution in [0.3, 0.4) is 0 Å². The van der Waals surface area contributed by atoms with Gasteiger partial charge in [-0.3, -0.25) is 0 Å². The zero-order valence-electron chi connectivity index (χ0n) is 9.92. The second kappa shape index (κ2) is 6.10. The van der Waals surface area contributed by atoms with E-state index in [2.05, 4.69) is 15.9 Å². The number of alkyl halides is 1. The molecule has 1 saturated carbocycles. The Hall–Kier alpha value is -0.210. The summed E-state index contributed by atoms with van der Waals surface area (Å²) in [6.45, 7) is 0.767. The molecule has 0 aromatic heterocycles. The molecular weight excluding hydrogens is 300 g/mol. The second-order valence-electron chi connectivity index (χ2n) is 4.90. The van der Waals surface area contributed by atoms with Crippen LogP contribution in [0.2, 0.25) is 0 Å². The SMILES string of the molecule is ClCC1(CCOc2cccc(Br)c2)CCCC1. The molecule has 0 amide bonds. The zero-order valence-corrected chi connectivity index (χ0v) is 12.3. The Labute approximate surface area is 117 Å². The highest BCUT2D eigenvalue weighted by Crippen LogP contribution is 2.42. The molecule has 1 aliphatic rings. The summed E-state index contributed by atoms with van der Waals surface area (Å²) >= 11 is 9.55. The molecule has 0 bridgehead atoms. The van der Waals surface area contributed by atoms with Gasteiger partial charge in [-0.1, -0.05) is 34.8 Å². The predicted octanol–water partition coefficient (Wildman–Crippen LogP) is 5.02. The largest absolute Gasteiger partial charge is 0.494 e. The lowest BCUT2D eigenvalue weighted by Gasteiger charge is -2.26. The molecule has 0 atom stereocenters. The highest BCUT2D eigenvalue weighted by Gasteiger charge is 2.32. The van der Waals surface area contributed by atoms with Gasteiger partial charge in [-0.2, -0.15) is 0 Å². The van der Waals surface area contributed by atoms with Crippen LogP contribution in [-0.2, 0) is 0 Å². The summed E-state index contributed by atoms with van der Waals surface area (Å²) in [4.78, 5) is 0. The summed E-state index contributed by atoms with van der Waals surface area (Å²) in [6, 6.07) is 7.99. The standard InChI is InChI=1S/C14H18BrClO/c15-12-4-3-5-13(10-12)17-9-8-14(11-16)6-1-2-7-14/h3-5,10H,1-2,6-9,11H2. The van der Waals surface area contributed by atoms with Gasteiger partial charge in [0.2, 0.25) is 0 Å². The van der Waals surface area contributed by atoms with Crippen molar-refractivity contribution in [3.63, 3.8) is 0 Å². The van der Waals surface area contributed by atoms with E-state index >= 15 is 0 Å². The van der Waals surface area contributed by atoms with Gasteiger partial charge < -0.3 is 4.74 Å². The summed E-state index contributed by atoms with van der Waals surface area (Å²) in [5.41, 5.74) is 0.341. The van der Waals surface area contributed by atoms with Crippen molar-refractivity contribution in [3.05, 3.63) is 28.7 Å². The van der Waals surface area contributed by atoms with Crippen LogP contribution in [-0.4, -0.2) is 12.5 Å². The Morgan fingerprint density at radius 1 is 1.29 bits per heavy atom. The number of hydrogen-bond donors (Lipinski definition) is 0. The highest BCUT2D eigenvalue weighted by atomic mass is 79.9. The van der Waals surface area contributed by atoms with Gasteiger partial charge in [0.1, 0.15) is 5.75 Å². The van der Waals surface area contributed by atoms with Crippen molar-refractivity contribution in [2.45, 2.75) is 32.1 Å². The van der Waals surface area contributed by atoms with E-state index in [-0.39, 0.29) is 0 Å². The van der Waals surface area contributed by atoms with Crippen molar-refractivity contribution in [2.24, 2.45) is 5.41 Å². The Bertz CT molecular complexity index is 361. The molecule has 0 unspecified atom stereocenters. The van der Waals surface area contributed by atoms with Gasteiger partial charge >= 0.3 is 0 Å². The second-order valence-corrected chi connectivity index (χ2v) is 6.08. The maximum Gasteiger partial charge on any atom is 0.120 e. The van der Waals surface area contributed by atoms with Crippen molar-refractivity contribution in [1.29, 1.82) is 0 Å². The summed E-state index contributed by atoms with van der Waals surface area (Å²) in [6.07, 6.45) is 6.24. The fourth-order valence-electron chi connectivity index (χ4n) is 2.52. The molecule has 2 rings (SSSR count). The van der Waals surface area contributed by atoms with Crippen LogP contribution in [0.15, 0.2) is 28.7 Å².